The number of fused-ring (bicyclic) bond motifs is 1. The van der Waals surface area contributed by atoms with E-state index in [1.807, 2.05) is 93.6 Å². The number of aromatic nitrogens is 4. The van der Waals surface area contributed by atoms with Crippen LogP contribution in [0.5, 0.6) is 23.1 Å². The van der Waals surface area contributed by atoms with Crippen molar-refractivity contribution in [1.29, 1.82) is 0 Å². The van der Waals surface area contributed by atoms with Gasteiger partial charge in [-0.3, -0.25) is 10.2 Å². The number of morpholine rings is 1. The van der Waals surface area contributed by atoms with Crippen molar-refractivity contribution in [3.05, 3.63) is 120 Å². The quantitative estimate of drug-likeness (QED) is 0.104. The molecule has 308 valence electrons. The molecule has 2 N–H and O–H groups in total. The molecule has 1 aliphatic heterocycles. The zero-order chi connectivity index (χ0) is 41.9. The second-order valence-electron chi connectivity index (χ2n) is 16.4. The van der Waals surface area contributed by atoms with Crippen LogP contribution in [-0.2, 0) is 16.6 Å². The Morgan fingerprint density at radius 1 is 0.983 bits per heavy atom. The summed E-state index contributed by atoms with van der Waals surface area (Å²) in [6.07, 6.45) is 9.26. The number of ether oxygens (including phenoxy) is 4. The third kappa shape index (κ3) is 9.08. The smallest absolute Gasteiger partial charge is 0.324 e. The summed E-state index contributed by atoms with van der Waals surface area (Å²) in [7, 11) is 1.69. The lowest BCUT2D eigenvalue weighted by Crippen LogP contribution is -2.38. The fourth-order valence-electron chi connectivity index (χ4n) is 7.70. The van der Waals surface area contributed by atoms with Gasteiger partial charge in [-0.15, -0.1) is 6.42 Å². The predicted molar refractivity (Wildman–Crippen MR) is 234 cm³/mol. The molecule has 2 aromatic heterocycles. The number of urea groups is 1. The van der Waals surface area contributed by atoms with Crippen molar-refractivity contribution in [3.63, 3.8) is 0 Å². The fourth-order valence-corrected chi connectivity index (χ4v) is 7.70. The van der Waals surface area contributed by atoms with Gasteiger partial charge in [0.1, 0.15) is 35.5 Å². The minimum atomic E-state index is -0.641. The second kappa shape index (κ2) is 17.0. The van der Waals surface area contributed by atoms with E-state index in [4.69, 9.17) is 35.5 Å². The maximum absolute atomic E-state index is 13.6. The summed E-state index contributed by atoms with van der Waals surface area (Å²) in [6.45, 7) is 13.0. The van der Waals surface area contributed by atoms with Crippen molar-refractivity contribution >= 4 is 28.3 Å². The molecule has 0 spiro atoms. The number of benzene rings is 4. The van der Waals surface area contributed by atoms with Gasteiger partial charge >= 0.3 is 6.03 Å². The maximum atomic E-state index is 13.6. The molecule has 2 unspecified atom stereocenters. The van der Waals surface area contributed by atoms with Crippen LogP contribution in [0.1, 0.15) is 55.8 Å². The molecule has 1 aliphatic carbocycles. The predicted octanol–water partition coefficient (Wildman–Crippen LogP) is 8.93. The number of hydrogen-bond acceptors (Lipinski definition) is 9. The summed E-state index contributed by atoms with van der Waals surface area (Å²) in [4.78, 5) is 25.5. The highest BCUT2D eigenvalue weighted by molar-refractivity contribution is 6.07. The number of methoxy groups -OCH3 is 1. The number of carbonyl (C=O) groups is 1. The van der Waals surface area contributed by atoms with Gasteiger partial charge in [0.25, 0.3) is 0 Å². The Morgan fingerprint density at radius 3 is 2.52 bits per heavy atom. The second-order valence-corrected chi connectivity index (χ2v) is 16.4. The van der Waals surface area contributed by atoms with Gasteiger partial charge in [-0.2, -0.15) is 10.1 Å². The molecule has 8 rings (SSSR count). The third-order valence-corrected chi connectivity index (χ3v) is 11.5. The van der Waals surface area contributed by atoms with E-state index >= 15 is 0 Å². The van der Waals surface area contributed by atoms with Gasteiger partial charge in [0.05, 0.1) is 42.8 Å². The zero-order valence-corrected chi connectivity index (χ0v) is 34.8. The van der Waals surface area contributed by atoms with E-state index in [9.17, 15) is 4.79 Å². The zero-order valence-electron chi connectivity index (χ0n) is 34.8. The first-order chi connectivity index (χ1) is 29.0. The average Bonchev–Trinajstić information content (AvgIpc) is 3.73. The molecule has 2 aliphatic rings. The Kier molecular flexibility index (Phi) is 11.5. The van der Waals surface area contributed by atoms with Crippen LogP contribution in [0.2, 0.25) is 0 Å². The van der Waals surface area contributed by atoms with E-state index in [1.54, 1.807) is 24.1 Å². The van der Waals surface area contributed by atoms with E-state index < -0.39 is 11.4 Å². The Labute approximate surface area is 351 Å². The van der Waals surface area contributed by atoms with Crippen LogP contribution in [0.4, 0.5) is 16.3 Å². The van der Waals surface area contributed by atoms with E-state index in [0.29, 0.717) is 53.6 Å². The van der Waals surface area contributed by atoms with Crippen LogP contribution in [0.25, 0.3) is 16.5 Å². The van der Waals surface area contributed by atoms with Crippen LogP contribution in [0.15, 0.2) is 97.2 Å². The minimum absolute atomic E-state index is 0.0342. The number of rotatable bonds is 14. The molecule has 60 heavy (non-hydrogen) atoms. The Hall–Kier alpha value is -6.42. The molecule has 2 atom stereocenters. The molecule has 0 radical (unpaired) electrons. The lowest BCUT2D eigenvalue weighted by atomic mass is 9.91. The number of carbonyl (C=O) groups excluding carboxylic acids is 1. The van der Waals surface area contributed by atoms with Gasteiger partial charge < -0.3 is 24.3 Å². The van der Waals surface area contributed by atoms with Gasteiger partial charge in [-0.05, 0) is 80.5 Å². The average molecular weight is 806 g/mol. The van der Waals surface area contributed by atoms with Crippen LogP contribution < -0.4 is 24.8 Å². The summed E-state index contributed by atoms with van der Waals surface area (Å²) in [5.74, 6) is 6.95. The number of nitrogens with zero attached hydrogens (tertiary/aromatic N) is 5. The standard InChI is InChI=1S/C48H51N7O5/c1-7-47(3,4)42-29-44(55(53-42)34-14-12-32(2)13-15-34)52-46(56)50-40-16-17-41(38-11-9-8-10-37(38)40)60-45-18-19-49-43(51-45)31-48(5)30-39(48)33-26-35(57-6)28-36(27-33)59-25-22-54-20-23-58-24-21-54/h1,8-19,26-29,39H,20-25,30-31H2,2-6H3,(H2,50,52,56). The van der Waals surface area contributed by atoms with Crippen molar-refractivity contribution in [2.75, 3.05) is 57.2 Å². The van der Waals surface area contributed by atoms with Crippen molar-refractivity contribution in [3.8, 4) is 41.2 Å². The summed E-state index contributed by atoms with van der Waals surface area (Å²) in [5.41, 5.74) is 3.70. The first-order valence-electron chi connectivity index (χ1n) is 20.4. The van der Waals surface area contributed by atoms with Crippen LogP contribution >= 0.6 is 0 Å². The number of amides is 2. The Morgan fingerprint density at radius 2 is 1.75 bits per heavy atom. The largest absolute Gasteiger partial charge is 0.497 e. The number of nitrogens with one attached hydrogen (secondary N) is 2. The highest BCUT2D eigenvalue weighted by Gasteiger charge is 2.51. The van der Waals surface area contributed by atoms with E-state index in [-0.39, 0.29) is 5.41 Å². The lowest BCUT2D eigenvalue weighted by molar-refractivity contribution is 0.0322. The highest BCUT2D eigenvalue weighted by atomic mass is 16.5. The van der Waals surface area contributed by atoms with Crippen molar-refractivity contribution in [2.24, 2.45) is 5.41 Å². The molecule has 6 aromatic rings. The van der Waals surface area contributed by atoms with Gasteiger partial charge in [-0.1, -0.05) is 54.8 Å². The van der Waals surface area contributed by atoms with E-state index in [1.165, 1.54) is 5.56 Å². The van der Waals surface area contributed by atoms with Gasteiger partial charge in [0, 0.05) is 61.2 Å². The molecule has 1 saturated carbocycles. The summed E-state index contributed by atoms with van der Waals surface area (Å²) >= 11 is 0. The first kappa shape index (κ1) is 40.4. The number of hydrogen-bond donors (Lipinski definition) is 2. The molecular weight excluding hydrogens is 755 g/mol. The van der Waals surface area contributed by atoms with Gasteiger partial charge in [-0.25, -0.2) is 14.5 Å². The summed E-state index contributed by atoms with van der Waals surface area (Å²) < 4.78 is 25.5. The Balaban J connectivity index is 0.945. The van der Waals surface area contributed by atoms with Crippen molar-refractivity contribution < 1.29 is 23.7 Å². The number of anilines is 2. The molecular formula is C48H51N7O5. The van der Waals surface area contributed by atoms with Crippen molar-refractivity contribution in [2.45, 2.75) is 51.9 Å². The summed E-state index contributed by atoms with van der Waals surface area (Å²) in [5, 5.41) is 12.4. The van der Waals surface area contributed by atoms with E-state index in [0.717, 1.165) is 72.8 Å². The highest BCUT2D eigenvalue weighted by Crippen LogP contribution is 2.61. The maximum Gasteiger partial charge on any atom is 0.324 e. The SMILES string of the molecule is C#CC(C)(C)c1cc(NC(=O)Nc2ccc(Oc3ccnc(CC4(C)CC4c4cc(OC)cc(OCCN5CCOCC5)c4)n3)c3ccccc23)n(-c2ccc(C)cc2)n1. The molecule has 12 nitrogen and oxygen atoms in total. The normalized spacial score (nSPS) is 17.8. The van der Waals surface area contributed by atoms with E-state index in [2.05, 4.69) is 45.5 Å². The molecule has 12 heteroatoms. The lowest BCUT2D eigenvalue weighted by Gasteiger charge is -2.26. The Bertz CT molecular complexity index is 2540. The van der Waals surface area contributed by atoms with Gasteiger partial charge in [0.2, 0.25) is 5.88 Å². The van der Waals surface area contributed by atoms with Crippen LogP contribution in [-0.4, -0.2) is 77.2 Å². The van der Waals surface area contributed by atoms with Crippen LogP contribution in [0, 0.1) is 24.7 Å². The summed E-state index contributed by atoms with van der Waals surface area (Å²) in [6, 6.07) is 28.7. The molecule has 1 saturated heterocycles. The topological polar surface area (TPSA) is 125 Å². The monoisotopic (exact) mass is 805 g/mol. The first-order valence-corrected chi connectivity index (χ1v) is 20.4. The van der Waals surface area contributed by atoms with Crippen LogP contribution in [0.3, 0.4) is 0 Å². The third-order valence-electron chi connectivity index (χ3n) is 11.5. The molecule has 3 heterocycles. The van der Waals surface area contributed by atoms with Crippen molar-refractivity contribution in [1.82, 2.24) is 24.6 Å². The van der Waals surface area contributed by atoms with Gasteiger partial charge in [0.15, 0.2) is 0 Å². The molecule has 4 aromatic carbocycles. The minimum Gasteiger partial charge on any atom is -0.497 e. The molecule has 2 amide bonds. The number of terminal acetylenes is 1. The number of aryl methyl sites for hydroxylation is 1. The molecule has 0 bridgehead atoms. The fraction of sp³-hybridized carbons (Fsp3) is 0.333. The molecule has 2 fully saturated rings.